The van der Waals surface area contributed by atoms with Crippen LogP contribution >= 0.6 is 0 Å². The molecular weight excluding hydrogens is 435 g/mol. The van der Waals surface area contributed by atoms with Crippen LogP contribution in [0.3, 0.4) is 0 Å². The number of anilines is 3. The molecular formula is C25H20B3N5O2. The molecule has 0 bridgehead atoms. The van der Waals surface area contributed by atoms with Crippen molar-refractivity contribution in [2.24, 2.45) is 0 Å². The molecule has 2 aromatic heterocycles. The first-order chi connectivity index (χ1) is 16.8. The molecule has 166 valence electrons. The van der Waals surface area contributed by atoms with E-state index in [1.165, 1.54) is 4.90 Å². The zero-order valence-corrected chi connectivity index (χ0v) is 19.4. The Hall–Kier alpha value is -4.07. The van der Waals surface area contributed by atoms with E-state index >= 15 is 0 Å². The summed E-state index contributed by atoms with van der Waals surface area (Å²) in [5.41, 5.74) is 3.97. The van der Waals surface area contributed by atoms with Crippen LogP contribution in [0.25, 0.3) is 22.0 Å². The molecule has 6 radical (unpaired) electrons. The fraction of sp³-hybridized carbons (Fsp3) is 0.120. The third-order valence-corrected chi connectivity index (χ3v) is 5.55. The Morgan fingerprint density at radius 3 is 2.63 bits per heavy atom. The van der Waals surface area contributed by atoms with Crippen LogP contribution in [0.5, 0.6) is 0 Å². The van der Waals surface area contributed by atoms with Gasteiger partial charge in [-0.25, -0.2) is 9.97 Å². The molecule has 0 unspecified atom stereocenters. The van der Waals surface area contributed by atoms with Crippen molar-refractivity contribution >= 4 is 57.7 Å². The van der Waals surface area contributed by atoms with Crippen LogP contribution in [0.1, 0.15) is 12.5 Å². The predicted octanol–water partition coefficient (Wildman–Crippen LogP) is 3.06. The van der Waals surface area contributed by atoms with Crippen LogP contribution in [-0.2, 0) is 4.79 Å². The Labute approximate surface area is 206 Å². The van der Waals surface area contributed by atoms with E-state index in [2.05, 4.69) is 20.3 Å². The molecule has 0 aliphatic heterocycles. The number of aryl methyl sites for hydroxylation is 1. The van der Waals surface area contributed by atoms with Crippen LogP contribution in [0.2, 0.25) is 0 Å². The molecule has 7 nitrogen and oxygen atoms in total. The fourth-order valence-corrected chi connectivity index (χ4v) is 3.78. The second-order valence-electron chi connectivity index (χ2n) is 7.93. The van der Waals surface area contributed by atoms with Crippen molar-refractivity contribution in [2.75, 3.05) is 16.8 Å². The van der Waals surface area contributed by atoms with Crippen LogP contribution in [-0.4, -0.2) is 50.9 Å². The van der Waals surface area contributed by atoms with Gasteiger partial charge in [0, 0.05) is 41.3 Å². The standard InChI is InChI=1S/C25H20B3N5O2/c1-3-33(24(35)21(26)22(27)28)18-6-4-5-17(12-18)31-25-30-13-16-11-15(7-8-19(16)32-25)20-14(2)9-10-29-23(20)34/h4-13H,3H2,1-2H3,(H,29,34)(H,30,31,32). The van der Waals surface area contributed by atoms with E-state index in [0.717, 1.165) is 16.5 Å². The van der Waals surface area contributed by atoms with E-state index in [0.29, 0.717) is 34.9 Å². The highest BCUT2D eigenvalue weighted by Crippen LogP contribution is 2.26. The van der Waals surface area contributed by atoms with Gasteiger partial charge in [-0.3, -0.25) is 9.59 Å². The number of carbonyl (C=O) groups is 1. The minimum atomic E-state index is -0.477. The molecule has 4 aromatic rings. The van der Waals surface area contributed by atoms with Crippen molar-refractivity contribution in [3.05, 3.63) is 87.7 Å². The number of pyridine rings is 1. The molecule has 0 saturated heterocycles. The SMILES string of the molecule is [B]C([B])=C([B])C(=O)N(CC)c1cccc(Nc2ncc3cc(-c4c(C)cc[nH]c4=O)ccc3n2)c1. The molecule has 0 atom stereocenters. The second-order valence-corrected chi connectivity index (χ2v) is 7.93. The molecule has 0 spiro atoms. The van der Waals surface area contributed by atoms with E-state index in [1.54, 1.807) is 30.6 Å². The lowest BCUT2D eigenvalue weighted by molar-refractivity contribution is -0.114. The quantitative estimate of drug-likeness (QED) is 0.345. The number of aromatic nitrogens is 3. The van der Waals surface area contributed by atoms with Crippen molar-refractivity contribution in [3.63, 3.8) is 0 Å². The number of carbonyl (C=O) groups excluding carboxylic acids is 1. The van der Waals surface area contributed by atoms with E-state index in [-0.39, 0.29) is 16.4 Å². The Balaban J connectivity index is 1.61. The summed E-state index contributed by atoms with van der Waals surface area (Å²) < 4.78 is 0. The summed E-state index contributed by atoms with van der Waals surface area (Å²) in [6, 6.07) is 14.7. The van der Waals surface area contributed by atoms with Gasteiger partial charge < -0.3 is 15.2 Å². The Morgan fingerprint density at radius 2 is 1.91 bits per heavy atom. The van der Waals surface area contributed by atoms with Crippen molar-refractivity contribution in [2.45, 2.75) is 13.8 Å². The fourth-order valence-electron chi connectivity index (χ4n) is 3.78. The van der Waals surface area contributed by atoms with Gasteiger partial charge in [-0.2, -0.15) is 5.37 Å². The normalized spacial score (nSPS) is 10.7. The summed E-state index contributed by atoms with van der Waals surface area (Å²) in [4.78, 5) is 38.1. The van der Waals surface area contributed by atoms with Gasteiger partial charge in [-0.05, 0) is 61.4 Å². The number of hydrogen-bond acceptors (Lipinski definition) is 5. The number of nitrogens with one attached hydrogen (secondary N) is 2. The topological polar surface area (TPSA) is 91.0 Å². The number of H-pyrrole nitrogens is 1. The lowest BCUT2D eigenvalue weighted by Crippen LogP contribution is -2.32. The lowest BCUT2D eigenvalue weighted by Gasteiger charge is -2.23. The third kappa shape index (κ3) is 5.06. The number of nitrogens with zero attached hydrogens (tertiary/aromatic N) is 3. The number of aromatic amines is 1. The van der Waals surface area contributed by atoms with Gasteiger partial charge in [-0.15, -0.1) is 0 Å². The van der Waals surface area contributed by atoms with E-state index in [1.807, 2.05) is 44.2 Å². The molecule has 2 N–H and O–H groups in total. The predicted molar refractivity (Wildman–Crippen MR) is 142 cm³/mol. The van der Waals surface area contributed by atoms with Crippen LogP contribution in [0.4, 0.5) is 17.3 Å². The van der Waals surface area contributed by atoms with Gasteiger partial charge in [-0.1, -0.05) is 17.6 Å². The Morgan fingerprint density at radius 1 is 1.11 bits per heavy atom. The first-order valence-corrected chi connectivity index (χ1v) is 10.9. The molecule has 2 heterocycles. The first-order valence-electron chi connectivity index (χ1n) is 10.9. The molecule has 35 heavy (non-hydrogen) atoms. The Bertz CT molecular complexity index is 1510. The average Bonchev–Trinajstić information content (AvgIpc) is 2.84. The van der Waals surface area contributed by atoms with Gasteiger partial charge in [0.1, 0.15) is 7.85 Å². The number of hydrogen-bond donors (Lipinski definition) is 2. The molecule has 0 fully saturated rings. The maximum absolute atomic E-state index is 12.6. The third-order valence-electron chi connectivity index (χ3n) is 5.55. The Kier molecular flexibility index (Phi) is 6.91. The number of amides is 1. The molecule has 10 heteroatoms. The highest BCUT2D eigenvalue weighted by molar-refractivity contribution is 6.56. The van der Waals surface area contributed by atoms with Gasteiger partial charge in [0.25, 0.3) is 5.56 Å². The average molecular weight is 455 g/mol. The summed E-state index contributed by atoms with van der Waals surface area (Å²) in [5, 5.41) is 3.74. The first kappa shape index (κ1) is 24.1. The largest absolute Gasteiger partial charge is 0.329 e. The smallest absolute Gasteiger partial charge is 0.256 e. The van der Waals surface area contributed by atoms with Crippen molar-refractivity contribution in [3.8, 4) is 11.1 Å². The van der Waals surface area contributed by atoms with Crippen LogP contribution in [0, 0.1) is 6.92 Å². The summed E-state index contributed by atoms with van der Waals surface area (Å²) >= 11 is 0. The minimum Gasteiger partial charge on any atom is -0.329 e. The number of fused-ring (bicyclic) bond motifs is 1. The van der Waals surface area contributed by atoms with E-state index in [9.17, 15) is 9.59 Å². The van der Waals surface area contributed by atoms with Crippen molar-refractivity contribution in [1.29, 1.82) is 0 Å². The van der Waals surface area contributed by atoms with E-state index in [4.69, 9.17) is 23.5 Å². The summed E-state index contributed by atoms with van der Waals surface area (Å²) in [7, 11) is 16.7. The lowest BCUT2D eigenvalue weighted by atomic mass is 9.69. The molecule has 0 saturated carbocycles. The van der Waals surface area contributed by atoms with Gasteiger partial charge in [0.2, 0.25) is 11.9 Å². The maximum Gasteiger partial charge on any atom is 0.256 e. The van der Waals surface area contributed by atoms with Gasteiger partial charge >= 0.3 is 0 Å². The second kappa shape index (κ2) is 10.1. The van der Waals surface area contributed by atoms with Crippen LogP contribution in [0.15, 0.2) is 76.6 Å². The van der Waals surface area contributed by atoms with Crippen molar-refractivity contribution < 1.29 is 4.79 Å². The van der Waals surface area contributed by atoms with Crippen LogP contribution < -0.4 is 15.8 Å². The zero-order valence-electron chi connectivity index (χ0n) is 19.4. The summed E-state index contributed by atoms with van der Waals surface area (Å²) in [6.45, 7) is 4.09. The zero-order chi connectivity index (χ0) is 25.1. The summed E-state index contributed by atoms with van der Waals surface area (Å²) in [5.74, 6) is -0.0916. The molecule has 1 amide bonds. The molecule has 0 aliphatic carbocycles. The van der Waals surface area contributed by atoms with Gasteiger partial charge in [0.05, 0.1) is 21.2 Å². The number of rotatable bonds is 6. The number of benzene rings is 2. The number of likely N-dealkylation sites (N-methyl/N-ethyl adjacent to an activating group) is 1. The summed E-state index contributed by atoms with van der Waals surface area (Å²) in [6.07, 6.45) is 3.33. The molecule has 4 rings (SSSR count). The van der Waals surface area contributed by atoms with Gasteiger partial charge in [0.15, 0.2) is 0 Å². The molecule has 0 aliphatic rings. The van der Waals surface area contributed by atoms with Crippen molar-refractivity contribution in [1.82, 2.24) is 15.0 Å². The minimum absolute atomic E-state index is 0.144. The van der Waals surface area contributed by atoms with E-state index < -0.39 is 5.91 Å². The highest BCUT2D eigenvalue weighted by atomic mass is 16.2. The highest BCUT2D eigenvalue weighted by Gasteiger charge is 2.16. The molecule has 2 aromatic carbocycles. The monoisotopic (exact) mass is 455 g/mol. The maximum atomic E-state index is 12.6.